The average molecular weight is 228 g/mol. The van der Waals surface area contributed by atoms with Crippen LogP contribution in [0, 0.1) is 5.82 Å². The highest BCUT2D eigenvalue weighted by Crippen LogP contribution is 2.27. The molecule has 1 aromatic rings. The molecule has 82 valence electrons. The Labute approximate surface area is 95.0 Å². The summed E-state index contributed by atoms with van der Waals surface area (Å²) in [6.07, 6.45) is 2.53. The molecule has 1 unspecified atom stereocenters. The molecule has 0 aliphatic rings. The molecule has 0 radical (unpaired) electrons. The molecule has 0 spiro atoms. The van der Waals surface area contributed by atoms with Crippen molar-refractivity contribution in [3.05, 3.63) is 47.3 Å². The van der Waals surface area contributed by atoms with Gasteiger partial charge in [0.15, 0.2) is 0 Å². The predicted octanol–water partition coefficient (Wildman–Crippen LogP) is 3.71. The summed E-state index contributed by atoms with van der Waals surface area (Å²) in [6.45, 7) is 6.50. The van der Waals surface area contributed by atoms with Crippen molar-refractivity contribution in [3.63, 3.8) is 0 Å². The zero-order valence-electron chi connectivity index (χ0n) is 8.76. The minimum Gasteiger partial charge on any atom is -0.310 e. The van der Waals surface area contributed by atoms with E-state index in [1.165, 1.54) is 6.07 Å². The van der Waals surface area contributed by atoms with E-state index in [1.54, 1.807) is 12.1 Å². The Morgan fingerprint density at radius 3 is 2.93 bits per heavy atom. The maximum atomic E-state index is 13.2. The van der Waals surface area contributed by atoms with Crippen LogP contribution in [0.25, 0.3) is 0 Å². The van der Waals surface area contributed by atoms with Crippen LogP contribution in [0.4, 0.5) is 4.39 Å². The first kappa shape index (κ1) is 12.2. The highest BCUT2D eigenvalue weighted by atomic mass is 35.5. The summed E-state index contributed by atoms with van der Waals surface area (Å²) in [5.74, 6) is -0.374. The lowest BCUT2D eigenvalue weighted by Crippen LogP contribution is -2.20. The third kappa shape index (κ3) is 3.05. The Morgan fingerprint density at radius 2 is 2.33 bits per heavy atom. The number of nitrogens with one attached hydrogen (secondary N) is 1. The van der Waals surface area contributed by atoms with Gasteiger partial charge in [-0.25, -0.2) is 4.39 Å². The topological polar surface area (TPSA) is 12.0 Å². The van der Waals surface area contributed by atoms with Crippen LogP contribution in [0.1, 0.15) is 24.9 Å². The molecule has 0 fully saturated rings. The molecular weight excluding hydrogens is 213 g/mol. The second-order valence-electron chi connectivity index (χ2n) is 3.28. The lowest BCUT2D eigenvalue weighted by atomic mass is 10.0. The maximum absolute atomic E-state index is 13.2. The number of rotatable bonds is 5. The second kappa shape index (κ2) is 5.89. The molecule has 0 saturated heterocycles. The van der Waals surface area contributed by atoms with Gasteiger partial charge in [-0.15, -0.1) is 6.58 Å². The zero-order valence-corrected chi connectivity index (χ0v) is 9.52. The van der Waals surface area contributed by atoms with Crippen LogP contribution in [0.2, 0.25) is 5.02 Å². The molecule has 1 rings (SSSR count). The lowest BCUT2D eigenvalue weighted by molar-refractivity contribution is 0.551. The van der Waals surface area contributed by atoms with E-state index in [9.17, 15) is 4.39 Å². The van der Waals surface area contributed by atoms with E-state index in [4.69, 9.17) is 11.6 Å². The average Bonchev–Trinajstić information content (AvgIpc) is 2.22. The van der Waals surface area contributed by atoms with E-state index >= 15 is 0 Å². The van der Waals surface area contributed by atoms with E-state index in [2.05, 4.69) is 11.9 Å². The van der Waals surface area contributed by atoms with Crippen molar-refractivity contribution in [1.82, 2.24) is 5.32 Å². The Hall–Kier alpha value is -0.860. The fourth-order valence-electron chi connectivity index (χ4n) is 1.52. The van der Waals surface area contributed by atoms with Gasteiger partial charge in [0.05, 0.1) is 5.02 Å². The Balaban J connectivity index is 2.99. The second-order valence-corrected chi connectivity index (χ2v) is 3.66. The fourth-order valence-corrected chi connectivity index (χ4v) is 1.78. The van der Waals surface area contributed by atoms with Gasteiger partial charge in [-0.3, -0.25) is 0 Å². The first-order valence-corrected chi connectivity index (χ1v) is 5.36. The summed E-state index contributed by atoms with van der Waals surface area (Å²) in [6, 6.07) is 4.91. The largest absolute Gasteiger partial charge is 0.310 e. The smallest absolute Gasteiger partial charge is 0.142 e. The molecule has 15 heavy (non-hydrogen) atoms. The Morgan fingerprint density at radius 1 is 1.60 bits per heavy atom. The van der Waals surface area contributed by atoms with Gasteiger partial charge < -0.3 is 5.32 Å². The molecule has 1 aromatic carbocycles. The quantitative estimate of drug-likeness (QED) is 0.757. The van der Waals surface area contributed by atoms with Crippen molar-refractivity contribution in [1.29, 1.82) is 0 Å². The molecule has 1 nitrogen and oxygen atoms in total. The first-order valence-electron chi connectivity index (χ1n) is 4.98. The lowest BCUT2D eigenvalue weighted by Gasteiger charge is -2.18. The third-order valence-corrected chi connectivity index (χ3v) is 2.61. The van der Waals surface area contributed by atoms with Crippen molar-refractivity contribution < 1.29 is 4.39 Å². The molecule has 0 aromatic heterocycles. The van der Waals surface area contributed by atoms with Gasteiger partial charge in [-0.1, -0.05) is 36.7 Å². The SMILES string of the molecule is C=CCC(NCC)c1cccc(F)c1Cl. The molecule has 0 aliphatic heterocycles. The summed E-state index contributed by atoms with van der Waals surface area (Å²) in [4.78, 5) is 0. The fraction of sp³-hybridized carbons (Fsp3) is 0.333. The van der Waals surface area contributed by atoms with Crippen molar-refractivity contribution in [2.24, 2.45) is 0 Å². The van der Waals surface area contributed by atoms with Crippen molar-refractivity contribution in [2.45, 2.75) is 19.4 Å². The molecule has 1 N–H and O–H groups in total. The highest BCUT2D eigenvalue weighted by molar-refractivity contribution is 6.31. The number of halogens is 2. The summed E-state index contributed by atoms with van der Waals surface area (Å²) in [5.41, 5.74) is 0.790. The van der Waals surface area contributed by atoms with Crippen LogP contribution in [-0.4, -0.2) is 6.54 Å². The summed E-state index contributed by atoms with van der Waals surface area (Å²) in [5, 5.41) is 3.44. The predicted molar refractivity (Wildman–Crippen MR) is 62.6 cm³/mol. The van der Waals surface area contributed by atoms with Crippen LogP contribution in [0.3, 0.4) is 0 Å². The van der Waals surface area contributed by atoms with Crippen LogP contribution in [0.15, 0.2) is 30.9 Å². The van der Waals surface area contributed by atoms with Gasteiger partial charge in [-0.05, 0) is 24.6 Å². The van der Waals surface area contributed by atoms with Gasteiger partial charge in [-0.2, -0.15) is 0 Å². The van der Waals surface area contributed by atoms with Crippen molar-refractivity contribution >= 4 is 11.6 Å². The molecule has 3 heteroatoms. The summed E-state index contributed by atoms with van der Waals surface area (Å²) >= 11 is 5.91. The van der Waals surface area contributed by atoms with Gasteiger partial charge in [0.1, 0.15) is 5.82 Å². The number of hydrogen-bond acceptors (Lipinski definition) is 1. The van der Waals surface area contributed by atoms with Crippen molar-refractivity contribution in [3.8, 4) is 0 Å². The maximum Gasteiger partial charge on any atom is 0.142 e. The van der Waals surface area contributed by atoms with E-state index in [1.807, 2.05) is 13.0 Å². The van der Waals surface area contributed by atoms with Crippen molar-refractivity contribution in [2.75, 3.05) is 6.54 Å². The van der Waals surface area contributed by atoms with E-state index in [0.29, 0.717) is 0 Å². The molecule has 0 heterocycles. The minimum absolute atomic E-state index is 0.0377. The van der Waals surface area contributed by atoms with E-state index in [-0.39, 0.29) is 16.9 Å². The van der Waals surface area contributed by atoms with Gasteiger partial charge in [0, 0.05) is 6.04 Å². The van der Waals surface area contributed by atoms with Crippen LogP contribution in [0.5, 0.6) is 0 Å². The summed E-state index contributed by atoms with van der Waals surface area (Å²) in [7, 11) is 0. The molecule has 1 atom stereocenters. The van der Waals surface area contributed by atoms with Gasteiger partial charge >= 0.3 is 0 Å². The van der Waals surface area contributed by atoms with Crippen LogP contribution in [-0.2, 0) is 0 Å². The molecular formula is C12H15ClFN. The normalized spacial score (nSPS) is 12.5. The molecule has 0 amide bonds. The molecule has 0 bridgehead atoms. The number of benzene rings is 1. The molecule has 0 aliphatic carbocycles. The standard InChI is InChI=1S/C12H15ClFN/c1-3-6-11(15-4-2)9-7-5-8-10(14)12(9)13/h3,5,7-8,11,15H,1,4,6H2,2H3. The summed E-state index contributed by atoms with van der Waals surface area (Å²) < 4.78 is 13.2. The molecule has 0 saturated carbocycles. The third-order valence-electron chi connectivity index (χ3n) is 2.21. The van der Waals surface area contributed by atoms with Crippen LogP contribution >= 0.6 is 11.6 Å². The van der Waals surface area contributed by atoms with E-state index in [0.717, 1.165) is 18.5 Å². The number of hydrogen-bond donors (Lipinski definition) is 1. The monoisotopic (exact) mass is 227 g/mol. The van der Waals surface area contributed by atoms with Crippen LogP contribution < -0.4 is 5.32 Å². The first-order chi connectivity index (χ1) is 7.20. The Kier molecular flexibility index (Phi) is 4.79. The highest BCUT2D eigenvalue weighted by Gasteiger charge is 2.14. The van der Waals surface area contributed by atoms with E-state index < -0.39 is 0 Å². The van der Waals surface area contributed by atoms with Gasteiger partial charge in [0.2, 0.25) is 0 Å². The van der Waals surface area contributed by atoms with Gasteiger partial charge in [0.25, 0.3) is 0 Å². The minimum atomic E-state index is -0.374. The zero-order chi connectivity index (χ0) is 11.3. The Bertz CT molecular complexity index is 338.